The lowest BCUT2D eigenvalue weighted by molar-refractivity contribution is -0.192. The fourth-order valence-corrected chi connectivity index (χ4v) is 11.2. The van der Waals surface area contributed by atoms with Crippen molar-refractivity contribution >= 4 is 53.0 Å². The minimum atomic E-state index is -5.08. The predicted molar refractivity (Wildman–Crippen MR) is 306 cm³/mol. The summed E-state index contributed by atoms with van der Waals surface area (Å²) in [6.45, 7) is 17.5. The van der Waals surface area contributed by atoms with Crippen LogP contribution in [0.2, 0.25) is 0 Å². The number of likely N-dealkylation sites (tertiary alicyclic amines) is 1. The number of halogens is 4. The van der Waals surface area contributed by atoms with Gasteiger partial charge in [-0.1, -0.05) is 29.8 Å². The summed E-state index contributed by atoms with van der Waals surface area (Å²) in [6.07, 6.45) is 2.00. The molecule has 0 bridgehead atoms. The van der Waals surface area contributed by atoms with Crippen LogP contribution < -0.4 is 35.4 Å². The largest absolute Gasteiger partial charge is 0.493 e. The number of alkyl halides is 4. The third-order valence-electron chi connectivity index (χ3n) is 12.4. The molecule has 9 rings (SSSR count). The predicted octanol–water partition coefficient (Wildman–Crippen LogP) is 4.28. The second-order valence-electron chi connectivity index (χ2n) is 19.1. The molecule has 6 aromatic rings. The van der Waals surface area contributed by atoms with Crippen LogP contribution in [-0.4, -0.2) is 178 Å². The molecule has 0 saturated carbocycles. The summed E-state index contributed by atoms with van der Waals surface area (Å²) in [5.74, 6) is -0.123. The second-order valence-corrected chi connectivity index (χ2v) is 23.3. The van der Waals surface area contributed by atoms with Crippen LogP contribution in [0.25, 0.3) is 33.8 Å². The Morgan fingerprint density at radius 2 is 1.18 bits per heavy atom. The lowest BCUT2D eigenvalue weighted by Gasteiger charge is -2.39. The first kappa shape index (κ1) is 67.9. The number of aliphatic hydroxyl groups is 2. The molecule has 25 nitrogen and oxygen atoms in total. The van der Waals surface area contributed by atoms with Crippen LogP contribution in [0.4, 0.5) is 13.2 Å². The van der Waals surface area contributed by atoms with E-state index in [4.69, 9.17) is 34.3 Å². The Balaban J connectivity index is 0.000000238. The van der Waals surface area contributed by atoms with Gasteiger partial charge in [0, 0.05) is 89.4 Å². The highest BCUT2D eigenvalue weighted by atomic mass is 79.9. The van der Waals surface area contributed by atoms with Gasteiger partial charge in [-0.05, 0) is 103 Å². The van der Waals surface area contributed by atoms with Crippen molar-refractivity contribution in [3.8, 4) is 34.3 Å². The van der Waals surface area contributed by atoms with Crippen molar-refractivity contribution < 1.29 is 64.3 Å². The molecule has 3 fully saturated rings. The summed E-state index contributed by atoms with van der Waals surface area (Å²) >= 11 is 3.15. The number of benzene rings is 2. The van der Waals surface area contributed by atoms with Gasteiger partial charge in [-0.2, -0.15) is 13.2 Å². The van der Waals surface area contributed by atoms with Crippen molar-refractivity contribution in [3.63, 3.8) is 0 Å². The van der Waals surface area contributed by atoms with Crippen molar-refractivity contribution in [2.45, 2.75) is 121 Å². The number of aromatic amines is 2. The zero-order valence-electron chi connectivity index (χ0n) is 47.1. The molecule has 0 unspecified atom stereocenters. The second kappa shape index (κ2) is 31.8. The maximum absolute atomic E-state index is 13.1. The quantitative estimate of drug-likeness (QED) is 0.0466. The number of hydrogen-bond acceptors (Lipinski definition) is 18. The van der Waals surface area contributed by atoms with E-state index in [0.717, 1.165) is 44.4 Å². The van der Waals surface area contributed by atoms with Crippen LogP contribution in [0.15, 0.2) is 55.8 Å². The number of sulfonamides is 2. The molecule has 3 aliphatic heterocycles. The van der Waals surface area contributed by atoms with Gasteiger partial charge in [0.05, 0.1) is 45.5 Å². The molecule has 8 N–H and O–H groups in total. The smallest absolute Gasteiger partial charge is 0.490 e. The standard InChI is InChI=1S/C23H32N6O5S.C20H26N6O4S.C4H8O.C3H7BrO.C2HF3O2/c1-4-7-20-24-15(3)21-23(31)25-22(26-29(20)21)18-12-17(8-9-19(18)34-5-2)35(32,33)27-16-13-28(14-16)10-6-11-30;1-4-6-17-22-12(3)18-20(27)23-19(24-26(17)18)15-9-14(7-8-16(15)30-5-2)31(28,29)25-13-10-21-11-13;1-2-4-5-3-1;4-2-1-3-5;3-2(4,5)1(6)7/h8-9,12,16,27,30H,4-7,10-11,13-14H2,1-3H3,(H,25,26,31);7-9,13,21,25H,4-6,10-11H2,1-3H3,(H,23,24,27);1-4H2;5H,1-3H2;(H,6,7). The highest BCUT2D eigenvalue weighted by Crippen LogP contribution is 2.32. The molecular weight excluding hydrogens is 1200 g/mol. The van der Waals surface area contributed by atoms with Gasteiger partial charge in [-0.3, -0.25) is 14.5 Å². The number of hydrogen-bond donors (Lipinski definition) is 8. The first-order chi connectivity index (χ1) is 39.5. The number of carboxylic acids is 1. The van der Waals surface area contributed by atoms with Crippen molar-refractivity contribution in [2.24, 2.45) is 0 Å². The summed E-state index contributed by atoms with van der Waals surface area (Å²) < 4.78 is 108. The number of H-pyrrole nitrogens is 2. The Kier molecular flexibility index (Phi) is 26.0. The van der Waals surface area contributed by atoms with E-state index in [9.17, 15) is 39.6 Å². The molecule has 3 saturated heterocycles. The van der Waals surface area contributed by atoms with Gasteiger partial charge in [-0.15, -0.1) is 10.2 Å². The normalized spacial score (nSPS) is 14.7. The van der Waals surface area contributed by atoms with E-state index in [2.05, 4.69) is 65.7 Å². The summed E-state index contributed by atoms with van der Waals surface area (Å²) in [7, 11) is -7.54. The van der Waals surface area contributed by atoms with Gasteiger partial charge in [-0.25, -0.2) is 50.1 Å². The van der Waals surface area contributed by atoms with Crippen molar-refractivity contribution in [1.82, 2.24) is 58.8 Å². The first-order valence-electron chi connectivity index (χ1n) is 27.1. The van der Waals surface area contributed by atoms with E-state index in [1.807, 2.05) is 27.7 Å². The average Bonchev–Trinajstić information content (AvgIpc) is 4.29. The van der Waals surface area contributed by atoms with Crippen molar-refractivity contribution in [3.05, 3.63) is 80.1 Å². The number of aliphatic carboxylic acids is 1. The van der Waals surface area contributed by atoms with Gasteiger partial charge in [0.1, 0.15) is 23.1 Å². The molecule has 83 heavy (non-hydrogen) atoms. The van der Waals surface area contributed by atoms with Crippen LogP contribution in [0.3, 0.4) is 0 Å². The third-order valence-corrected chi connectivity index (χ3v) is 16.0. The number of aliphatic hydroxyl groups excluding tert-OH is 2. The van der Waals surface area contributed by atoms with E-state index in [1.54, 1.807) is 30.5 Å². The Morgan fingerprint density at radius 3 is 1.51 bits per heavy atom. The minimum absolute atomic E-state index is 0.0584. The highest BCUT2D eigenvalue weighted by Gasteiger charge is 2.38. The fourth-order valence-electron chi connectivity index (χ4n) is 8.41. The van der Waals surface area contributed by atoms with Crippen LogP contribution in [0, 0.1) is 13.8 Å². The number of rotatable bonds is 21. The van der Waals surface area contributed by atoms with E-state index in [1.165, 1.54) is 41.6 Å². The number of imidazole rings is 2. The molecule has 0 atom stereocenters. The Labute approximate surface area is 487 Å². The molecule has 7 heterocycles. The van der Waals surface area contributed by atoms with Gasteiger partial charge in [0.25, 0.3) is 11.1 Å². The lowest BCUT2D eigenvalue weighted by atomic mass is 10.1. The summed E-state index contributed by atoms with van der Waals surface area (Å²) in [5.41, 5.74) is 2.02. The monoisotopic (exact) mass is 1270 g/mol. The van der Waals surface area contributed by atoms with Gasteiger partial charge < -0.3 is 44.8 Å². The topological polar surface area (TPSA) is 339 Å². The van der Waals surface area contributed by atoms with E-state index in [-0.39, 0.29) is 51.2 Å². The molecule has 0 aliphatic carbocycles. The average molecular weight is 1280 g/mol. The number of carbonyl (C=O) groups is 1. The van der Waals surface area contributed by atoms with E-state index in [0.29, 0.717) is 122 Å². The summed E-state index contributed by atoms with van der Waals surface area (Å²) in [5, 5.41) is 37.3. The number of ether oxygens (including phenoxy) is 3. The first-order valence-corrected chi connectivity index (χ1v) is 31.2. The zero-order valence-corrected chi connectivity index (χ0v) is 50.4. The Hall–Kier alpha value is -5.90. The summed E-state index contributed by atoms with van der Waals surface area (Å²) in [4.78, 5) is 51.4. The number of aromatic nitrogens is 8. The van der Waals surface area contributed by atoms with Gasteiger partial charge >= 0.3 is 12.1 Å². The summed E-state index contributed by atoms with van der Waals surface area (Å²) in [6, 6.07) is 8.76. The third kappa shape index (κ3) is 18.8. The number of aryl methyl sites for hydroxylation is 4. The fraction of sp³-hybridized carbons (Fsp3) is 0.558. The molecule has 0 amide bonds. The van der Waals surface area contributed by atoms with Crippen LogP contribution in [0.5, 0.6) is 11.5 Å². The number of fused-ring (bicyclic) bond motifs is 2. The molecule has 0 spiro atoms. The van der Waals surface area contributed by atoms with E-state index < -0.39 is 32.2 Å². The lowest BCUT2D eigenvalue weighted by Crippen LogP contribution is -2.59. The number of carboxylic acid groups (broad SMARTS) is 1. The van der Waals surface area contributed by atoms with Gasteiger partial charge in [0.15, 0.2) is 22.7 Å². The Bertz CT molecular complexity index is 3430. The molecule has 3 aliphatic rings. The molecule has 4 aromatic heterocycles. The molecular formula is C52H74BrF3N12O13S2. The number of nitrogens with zero attached hydrogens (tertiary/aromatic N) is 7. The van der Waals surface area contributed by atoms with Crippen LogP contribution in [-0.2, 0) is 42.4 Å². The Morgan fingerprint density at radius 1 is 0.747 bits per heavy atom. The van der Waals surface area contributed by atoms with E-state index >= 15 is 0 Å². The molecule has 0 radical (unpaired) electrons. The molecule has 31 heteroatoms. The number of nitrogens with one attached hydrogen (secondary N) is 5. The SMILES string of the molecule is C1CCOC1.CCCc1nc(C)c2c(=O)[nH]c(-c3cc(S(=O)(=O)NC4CN(CCCO)C4)ccc3OCC)nn12.CCCc1nc(C)c2c(=O)[nH]c(-c3cc(S(=O)(=O)NC4CNC4)ccc3OCC)nn12.O=C(O)C(F)(F)F.OCCCBr. The maximum Gasteiger partial charge on any atom is 0.490 e. The molecule has 460 valence electrons. The maximum atomic E-state index is 13.1. The van der Waals surface area contributed by atoms with Crippen molar-refractivity contribution in [2.75, 3.05) is 77.7 Å². The van der Waals surface area contributed by atoms with Crippen LogP contribution >= 0.6 is 15.9 Å². The van der Waals surface area contributed by atoms with Crippen LogP contribution in [0.1, 0.15) is 89.3 Å². The van der Waals surface area contributed by atoms with Gasteiger partial charge in [0.2, 0.25) is 20.0 Å². The molecule has 2 aromatic carbocycles. The van der Waals surface area contributed by atoms with Crippen molar-refractivity contribution in [1.29, 1.82) is 0 Å². The minimum Gasteiger partial charge on any atom is -0.493 e. The highest BCUT2D eigenvalue weighted by molar-refractivity contribution is 9.09. The zero-order chi connectivity index (χ0) is 61.1.